The Balaban J connectivity index is 2.08. The van der Waals surface area contributed by atoms with Crippen LogP contribution in [0, 0.1) is 0 Å². The average molecular weight is 352 g/mol. The summed E-state index contributed by atoms with van der Waals surface area (Å²) in [6, 6.07) is 7.64. The molecule has 0 bridgehead atoms. The maximum Gasteiger partial charge on any atom is 0.258 e. The molecule has 0 saturated carbocycles. The van der Waals surface area contributed by atoms with E-state index in [0.29, 0.717) is 5.56 Å². The number of amides is 1. The van der Waals surface area contributed by atoms with Gasteiger partial charge in [-0.25, -0.2) is 0 Å². The van der Waals surface area contributed by atoms with Crippen molar-refractivity contribution in [2.75, 3.05) is 0 Å². The van der Waals surface area contributed by atoms with Gasteiger partial charge in [-0.15, -0.1) is 0 Å². The molecule has 1 amide bonds. The molecule has 2 aromatic carbocycles. The molecule has 1 aliphatic rings. The van der Waals surface area contributed by atoms with Gasteiger partial charge >= 0.3 is 0 Å². The van der Waals surface area contributed by atoms with Crippen LogP contribution < -0.4 is 10.5 Å². The lowest BCUT2D eigenvalue weighted by Gasteiger charge is -2.10. The maximum absolute atomic E-state index is 12.6. The van der Waals surface area contributed by atoms with E-state index < -0.39 is 17.8 Å². The molecule has 3 rings (SSSR count). The first-order chi connectivity index (χ1) is 10.9. The normalized spacial score (nSPS) is 15.8. The first-order valence-corrected chi connectivity index (χ1v) is 7.45. The SMILES string of the molecule is NC(=O)C1Cc2cc(C(=O)c3ccccc3O)c(Cl)c(Cl)c2O1. The third-order valence-electron chi connectivity index (χ3n) is 3.61. The van der Waals surface area contributed by atoms with Gasteiger partial charge in [0.1, 0.15) is 16.5 Å². The molecule has 1 unspecified atom stereocenters. The number of aromatic hydroxyl groups is 1. The molecular formula is C16H11Cl2NO4. The second-order valence-corrected chi connectivity index (χ2v) is 5.86. The second kappa shape index (κ2) is 5.76. The van der Waals surface area contributed by atoms with Crippen LogP contribution in [0.5, 0.6) is 11.5 Å². The summed E-state index contributed by atoms with van der Waals surface area (Å²) in [5.74, 6) is -0.993. The second-order valence-electron chi connectivity index (χ2n) is 5.10. The first-order valence-electron chi connectivity index (χ1n) is 6.69. The average Bonchev–Trinajstić information content (AvgIpc) is 2.95. The number of carbonyl (C=O) groups excluding carboxylic acids is 2. The fourth-order valence-corrected chi connectivity index (χ4v) is 2.95. The molecule has 1 aliphatic heterocycles. The predicted octanol–water partition coefficient (Wildman–Crippen LogP) is 2.72. The third kappa shape index (κ3) is 2.62. The Labute approximate surface area is 141 Å². The van der Waals surface area contributed by atoms with Gasteiger partial charge in [0.2, 0.25) is 0 Å². The minimum Gasteiger partial charge on any atom is -0.507 e. The maximum atomic E-state index is 12.6. The molecule has 118 valence electrons. The van der Waals surface area contributed by atoms with Gasteiger partial charge in [-0.3, -0.25) is 9.59 Å². The molecule has 1 heterocycles. The summed E-state index contributed by atoms with van der Waals surface area (Å²) >= 11 is 12.3. The molecule has 0 fully saturated rings. The van der Waals surface area contributed by atoms with Crippen LogP contribution in [0.15, 0.2) is 30.3 Å². The Morgan fingerprint density at radius 2 is 1.87 bits per heavy atom. The van der Waals surface area contributed by atoms with E-state index in [1.807, 2.05) is 0 Å². The fourth-order valence-electron chi connectivity index (χ4n) is 2.46. The van der Waals surface area contributed by atoms with Crippen LogP contribution in [-0.4, -0.2) is 22.9 Å². The molecule has 0 aliphatic carbocycles. The number of nitrogens with two attached hydrogens (primary N) is 1. The van der Waals surface area contributed by atoms with Crippen LogP contribution in [-0.2, 0) is 11.2 Å². The van der Waals surface area contributed by atoms with Crippen LogP contribution in [0.3, 0.4) is 0 Å². The third-order valence-corrected chi connectivity index (χ3v) is 4.46. The lowest BCUT2D eigenvalue weighted by atomic mass is 9.99. The molecule has 7 heteroatoms. The number of fused-ring (bicyclic) bond motifs is 1. The number of halogens is 2. The molecule has 0 saturated heterocycles. The quantitative estimate of drug-likeness (QED) is 0.832. The van der Waals surface area contributed by atoms with Crippen LogP contribution in [0.25, 0.3) is 0 Å². The highest BCUT2D eigenvalue weighted by molar-refractivity contribution is 6.45. The van der Waals surface area contributed by atoms with Gasteiger partial charge in [0, 0.05) is 17.5 Å². The van der Waals surface area contributed by atoms with Crippen molar-refractivity contribution in [2.24, 2.45) is 5.73 Å². The van der Waals surface area contributed by atoms with Crippen molar-refractivity contribution < 1.29 is 19.4 Å². The van der Waals surface area contributed by atoms with Gasteiger partial charge in [-0.05, 0) is 18.2 Å². The number of benzene rings is 2. The van der Waals surface area contributed by atoms with E-state index in [4.69, 9.17) is 33.7 Å². The summed E-state index contributed by atoms with van der Waals surface area (Å²) < 4.78 is 5.39. The van der Waals surface area contributed by atoms with Crippen LogP contribution in [0.1, 0.15) is 21.5 Å². The van der Waals surface area contributed by atoms with E-state index in [1.54, 1.807) is 12.1 Å². The largest absolute Gasteiger partial charge is 0.507 e. The lowest BCUT2D eigenvalue weighted by molar-refractivity contribution is -0.123. The minimum atomic E-state index is -0.839. The number of carbonyl (C=O) groups is 2. The van der Waals surface area contributed by atoms with Gasteiger partial charge in [0.05, 0.1) is 10.6 Å². The van der Waals surface area contributed by atoms with E-state index in [9.17, 15) is 14.7 Å². The molecule has 0 aromatic heterocycles. The number of para-hydroxylation sites is 1. The smallest absolute Gasteiger partial charge is 0.258 e. The first kappa shape index (κ1) is 15.6. The van der Waals surface area contributed by atoms with Crippen molar-refractivity contribution in [3.63, 3.8) is 0 Å². The number of hydrogen-bond donors (Lipinski definition) is 2. The standard InChI is InChI=1S/C16H11Cl2NO4/c17-12-9(14(21)8-3-1-2-4-10(8)20)5-7-6-11(16(19)22)23-15(7)13(12)18/h1-5,11,20H,6H2,(H2,19,22). The molecule has 23 heavy (non-hydrogen) atoms. The van der Waals surface area contributed by atoms with E-state index in [-0.39, 0.29) is 39.1 Å². The molecule has 1 atom stereocenters. The molecule has 5 nitrogen and oxygen atoms in total. The number of rotatable bonds is 3. The topological polar surface area (TPSA) is 89.6 Å². The van der Waals surface area contributed by atoms with E-state index in [1.165, 1.54) is 18.2 Å². The zero-order valence-electron chi connectivity index (χ0n) is 11.7. The summed E-state index contributed by atoms with van der Waals surface area (Å²) in [6.07, 6.45) is -0.628. The number of phenols is 1. The van der Waals surface area contributed by atoms with Crippen molar-refractivity contribution >= 4 is 34.9 Å². The Morgan fingerprint density at radius 3 is 2.52 bits per heavy atom. The molecule has 2 aromatic rings. The zero-order chi connectivity index (χ0) is 16.7. The summed E-state index contributed by atoms with van der Waals surface area (Å²) in [7, 11) is 0. The Kier molecular flexibility index (Phi) is 3.92. The molecule has 0 spiro atoms. The zero-order valence-corrected chi connectivity index (χ0v) is 13.2. The minimum absolute atomic E-state index is 0.00351. The highest BCUT2D eigenvalue weighted by Crippen LogP contribution is 2.43. The predicted molar refractivity (Wildman–Crippen MR) is 85.3 cm³/mol. The number of primary amides is 1. The monoisotopic (exact) mass is 351 g/mol. The summed E-state index contributed by atoms with van der Waals surface area (Å²) in [5, 5.41) is 9.88. The summed E-state index contributed by atoms with van der Waals surface area (Å²) in [6.45, 7) is 0. The summed E-state index contributed by atoms with van der Waals surface area (Å²) in [4.78, 5) is 23.9. The van der Waals surface area contributed by atoms with Gasteiger partial charge in [0.25, 0.3) is 5.91 Å². The van der Waals surface area contributed by atoms with Crippen molar-refractivity contribution in [3.05, 3.63) is 57.1 Å². The van der Waals surface area contributed by atoms with E-state index in [0.717, 1.165) is 0 Å². The van der Waals surface area contributed by atoms with Gasteiger partial charge < -0.3 is 15.6 Å². The highest BCUT2D eigenvalue weighted by atomic mass is 35.5. The summed E-state index contributed by atoms with van der Waals surface area (Å²) in [5.41, 5.74) is 6.04. The Hall–Kier alpha value is -2.24. The lowest BCUT2D eigenvalue weighted by Crippen LogP contribution is -2.31. The number of phenolic OH excluding ortho intramolecular Hbond substituents is 1. The Morgan fingerprint density at radius 1 is 1.17 bits per heavy atom. The van der Waals surface area contributed by atoms with E-state index >= 15 is 0 Å². The molecular weight excluding hydrogens is 341 g/mol. The van der Waals surface area contributed by atoms with Gasteiger partial charge in [-0.1, -0.05) is 35.3 Å². The van der Waals surface area contributed by atoms with Crippen LogP contribution in [0.4, 0.5) is 0 Å². The van der Waals surface area contributed by atoms with Gasteiger partial charge in [-0.2, -0.15) is 0 Å². The fraction of sp³-hybridized carbons (Fsp3) is 0.125. The highest BCUT2D eigenvalue weighted by Gasteiger charge is 2.32. The number of ketones is 1. The van der Waals surface area contributed by atoms with Crippen LogP contribution in [0.2, 0.25) is 10.0 Å². The van der Waals surface area contributed by atoms with Crippen molar-refractivity contribution in [3.8, 4) is 11.5 Å². The van der Waals surface area contributed by atoms with Gasteiger partial charge in [0.15, 0.2) is 11.9 Å². The van der Waals surface area contributed by atoms with Crippen LogP contribution >= 0.6 is 23.2 Å². The number of hydrogen-bond acceptors (Lipinski definition) is 4. The number of ether oxygens (including phenoxy) is 1. The molecule has 3 N–H and O–H groups in total. The Bertz CT molecular complexity index is 835. The van der Waals surface area contributed by atoms with Crippen molar-refractivity contribution in [1.29, 1.82) is 0 Å². The van der Waals surface area contributed by atoms with Crippen molar-refractivity contribution in [2.45, 2.75) is 12.5 Å². The van der Waals surface area contributed by atoms with E-state index in [2.05, 4.69) is 0 Å². The molecule has 0 radical (unpaired) electrons. The van der Waals surface area contributed by atoms with Crippen molar-refractivity contribution in [1.82, 2.24) is 0 Å².